The van der Waals surface area contributed by atoms with Gasteiger partial charge in [-0.25, -0.2) is 0 Å². The lowest BCUT2D eigenvalue weighted by Gasteiger charge is -2.22. The third-order valence-corrected chi connectivity index (χ3v) is 3.35. The van der Waals surface area contributed by atoms with Crippen molar-refractivity contribution < 1.29 is 9.53 Å². The van der Waals surface area contributed by atoms with Gasteiger partial charge in [-0.15, -0.1) is 0 Å². The van der Waals surface area contributed by atoms with Crippen molar-refractivity contribution in [1.82, 2.24) is 10.2 Å². The van der Waals surface area contributed by atoms with Gasteiger partial charge < -0.3 is 10.1 Å². The molecule has 0 spiro atoms. The Balaban J connectivity index is 1.88. The van der Waals surface area contributed by atoms with Crippen molar-refractivity contribution in [2.45, 2.75) is 32.3 Å². The van der Waals surface area contributed by atoms with E-state index in [1.54, 1.807) is 6.20 Å². The number of nitrogens with zero attached hydrogens (tertiary/aromatic N) is 1. The Morgan fingerprint density at radius 2 is 2.05 bits per heavy atom. The average molecular weight is 271 g/mol. The van der Waals surface area contributed by atoms with Crippen molar-refractivity contribution >= 4 is 11.7 Å². The molecule has 5 nitrogen and oxygen atoms in total. The SMILES string of the molecule is CC(C)Oc1ccc([C@H]2CC(=O)Nc3[nH]ncc32)cc1. The molecule has 1 amide bonds. The minimum Gasteiger partial charge on any atom is -0.491 e. The zero-order valence-electron chi connectivity index (χ0n) is 11.5. The van der Waals surface area contributed by atoms with E-state index in [4.69, 9.17) is 4.74 Å². The smallest absolute Gasteiger partial charge is 0.226 e. The Morgan fingerprint density at radius 1 is 1.30 bits per heavy atom. The highest BCUT2D eigenvalue weighted by Gasteiger charge is 2.27. The largest absolute Gasteiger partial charge is 0.491 e. The molecule has 0 saturated heterocycles. The van der Waals surface area contributed by atoms with Crippen LogP contribution in [-0.2, 0) is 4.79 Å². The van der Waals surface area contributed by atoms with Gasteiger partial charge in [-0.1, -0.05) is 12.1 Å². The highest BCUT2D eigenvalue weighted by atomic mass is 16.5. The van der Waals surface area contributed by atoms with Gasteiger partial charge in [0.2, 0.25) is 5.91 Å². The number of fused-ring (bicyclic) bond motifs is 1. The minimum atomic E-state index is 0.00857. The number of anilines is 1. The van der Waals surface area contributed by atoms with E-state index < -0.39 is 0 Å². The standard InChI is InChI=1S/C15H17N3O2/c1-9(2)20-11-5-3-10(4-6-11)12-7-14(19)17-15-13(12)8-16-18-15/h3-6,8-9,12H,7H2,1-2H3,(H2,16,17,18,19)/t12-/m1/s1. The summed E-state index contributed by atoms with van der Waals surface area (Å²) >= 11 is 0. The molecule has 20 heavy (non-hydrogen) atoms. The molecule has 2 N–H and O–H groups in total. The molecule has 1 aromatic carbocycles. The molecule has 0 unspecified atom stereocenters. The normalized spacial score (nSPS) is 17.8. The van der Waals surface area contributed by atoms with E-state index in [0.717, 1.165) is 16.9 Å². The number of rotatable bonds is 3. The summed E-state index contributed by atoms with van der Waals surface area (Å²) < 4.78 is 5.63. The number of carbonyl (C=O) groups excluding carboxylic acids is 1. The van der Waals surface area contributed by atoms with Gasteiger partial charge in [-0.05, 0) is 31.5 Å². The predicted octanol–water partition coefficient (Wildman–Crippen LogP) is 2.67. The van der Waals surface area contributed by atoms with Crippen LogP contribution < -0.4 is 10.1 Å². The van der Waals surface area contributed by atoms with Gasteiger partial charge in [0.25, 0.3) is 0 Å². The Hall–Kier alpha value is -2.30. The summed E-state index contributed by atoms with van der Waals surface area (Å²) in [7, 11) is 0. The Bertz CT molecular complexity index is 616. The van der Waals surface area contributed by atoms with E-state index in [2.05, 4.69) is 15.5 Å². The summed E-state index contributed by atoms with van der Waals surface area (Å²) in [6.45, 7) is 3.99. The quantitative estimate of drug-likeness (QED) is 0.902. The van der Waals surface area contributed by atoms with Gasteiger partial charge in [0.15, 0.2) is 0 Å². The van der Waals surface area contributed by atoms with Gasteiger partial charge in [0.05, 0.1) is 12.3 Å². The van der Waals surface area contributed by atoms with Crippen molar-refractivity contribution in [2.75, 3.05) is 5.32 Å². The first-order valence-corrected chi connectivity index (χ1v) is 6.73. The number of aromatic nitrogens is 2. The van der Waals surface area contributed by atoms with Crippen LogP contribution in [0.3, 0.4) is 0 Å². The van der Waals surface area contributed by atoms with Gasteiger partial charge in [-0.2, -0.15) is 5.10 Å². The molecule has 0 fully saturated rings. The number of amides is 1. The third-order valence-electron chi connectivity index (χ3n) is 3.35. The predicted molar refractivity (Wildman–Crippen MR) is 75.9 cm³/mol. The first-order chi connectivity index (χ1) is 9.63. The third kappa shape index (κ3) is 2.39. The lowest BCUT2D eigenvalue weighted by molar-refractivity contribution is -0.116. The fraction of sp³-hybridized carbons (Fsp3) is 0.333. The van der Waals surface area contributed by atoms with Crippen LogP contribution in [0.4, 0.5) is 5.82 Å². The van der Waals surface area contributed by atoms with E-state index in [1.807, 2.05) is 38.1 Å². The number of nitrogens with one attached hydrogen (secondary N) is 2. The Morgan fingerprint density at radius 3 is 2.75 bits per heavy atom. The Labute approximate surface area is 117 Å². The van der Waals surface area contributed by atoms with Crippen molar-refractivity contribution in [3.05, 3.63) is 41.6 Å². The second-order valence-electron chi connectivity index (χ2n) is 5.24. The van der Waals surface area contributed by atoms with Crippen molar-refractivity contribution in [1.29, 1.82) is 0 Å². The van der Waals surface area contributed by atoms with Crippen molar-refractivity contribution in [3.8, 4) is 5.75 Å². The molecule has 3 rings (SSSR count). The number of hydrogen-bond donors (Lipinski definition) is 2. The lowest BCUT2D eigenvalue weighted by Crippen LogP contribution is -2.22. The van der Waals surface area contributed by atoms with Crippen molar-refractivity contribution in [2.24, 2.45) is 0 Å². The second-order valence-corrected chi connectivity index (χ2v) is 5.24. The number of hydrogen-bond acceptors (Lipinski definition) is 3. The van der Waals surface area contributed by atoms with Gasteiger partial charge >= 0.3 is 0 Å². The topological polar surface area (TPSA) is 67.0 Å². The molecule has 2 heterocycles. The first kappa shape index (κ1) is 12.7. The van der Waals surface area contributed by atoms with E-state index in [9.17, 15) is 4.79 Å². The molecule has 0 bridgehead atoms. The molecule has 1 aliphatic heterocycles. The number of ether oxygens (including phenoxy) is 1. The molecule has 0 saturated carbocycles. The van der Waals surface area contributed by atoms with Gasteiger partial charge in [0, 0.05) is 17.9 Å². The zero-order chi connectivity index (χ0) is 14.1. The molecule has 2 aromatic rings. The van der Waals surface area contributed by atoms with Crippen LogP contribution in [0.5, 0.6) is 5.75 Å². The van der Waals surface area contributed by atoms with Crippen LogP contribution in [-0.4, -0.2) is 22.2 Å². The molecular weight excluding hydrogens is 254 g/mol. The second kappa shape index (κ2) is 5.00. The fourth-order valence-electron chi connectivity index (χ4n) is 2.49. The van der Waals surface area contributed by atoms with E-state index in [-0.39, 0.29) is 17.9 Å². The van der Waals surface area contributed by atoms with E-state index in [0.29, 0.717) is 12.2 Å². The maximum absolute atomic E-state index is 11.7. The minimum absolute atomic E-state index is 0.00857. The Kier molecular flexibility index (Phi) is 3.18. The summed E-state index contributed by atoms with van der Waals surface area (Å²) in [6, 6.07) is 7.92. The molecule has 1 aliphatic rings. The number of benzene rings is 1. The van der Waals surface area contributed by atoms with Crippen molar-refractivity contribution in [3.63, 3.8) is 0 Å². The summed E-state index contributed by atoms with van der Waals surface area (Å²) in [4.78, 5) is 11.7. The highest BCUT2D eigenvalue weighted by molar-refractivity contribution is 5.94. The molecule has 1 aromatic heterocycles. The molecule has 0 aliphatic carbocycles. The maximum Gasteiger partial charge on any atom is 0.226 e. The average Bonchev–Trinajstić information content (AvgIpc) is 2.86. The number of H-pyrrole nitrogens is 1. The number of carbonyl (C=O) groups is 1. The first-order valence-electron chi connectivity index (χ1n) is 6.73. The summed E-state index contributed by atoms with van der Waals surface area (Å²) in [5.41, 5.74) is 2.13. The number of aromatic amines is 1. The fourth-order valence-corrected chi connectivity index (χ4v) is 2.49. The van der Waals surface area contributed by atoms with Gasteiger partial charge in [0.1, 0.15) is 11.6 Å². The molecule has 1 atom stereocenters. The van der Waals surface area contributed by atoms with Crippen LogP contribution in [0.25, 0.3) is 0 Å². The highest BCUT2D eigenvalue weighted by Crippen LogP contribution is 2.36. The monoisotopic (exact) mass is 271 g/mol. The zero-order valence-corrected chi connectivity index (χ0v) is 11.5. The lowest BCUT2D eigenvalue weighted by atomic mass is 9.87. The molecule has 5 heteroatoms. The summed E-state index contributed by atoms with van der Waals surface area (Å²) in [6.07, 6.45) is 2.37. The van der Waals surface area contributed by atoms with Crippen LogP contribution in [0.1, 0.15) is 37.3 Å². The summed E-state index contributed by atoms with van der Waals surface area (Å²) in [5, 5.41) is 9.62. The van der Waals surface area contributed by atoms with Crippen LogP contribution in [0, 0.1) is 0 Å². The molecule has 104 valence electrons. The van der Waals surface area contributed by atoms with Crippen LogP contribution >= 0.6 is 0 Å². The van der Waals surface area contributed by atoms with Gasteiger partial charge in [-0.3, -0.25) is 9.89 Å². The van der Waals surface area contributed by atoms with Crippen LogP contribution in [0.15, 0.2) is 30.5 Å². The van der Waals surface area contributed by atoms with E-state index >= 15 is 0 Å². The molecule has 0 radical (unpaired) electrons. The molecular formula is C15H17N3O2. The maximum atomic E-state index is 11.7. The van der Waals surface area contributed by atoms with Crippen LogP contribution in [0.2, 0.25) is 0 Å². The summed E-state index contributed by atoms with van der Waals surface area (Å²) in [5.74, 6) is 1.60. The van der Waals surface area contributed by atoms with E-state index in [1.165, 1.54) is 0 Å².